The molecule has 0 amide bonds. The van der Waals surface area contributed by atoms with Crippen LogP contribution in [0.2, 0.25) is 0 Å². The van der Waals surface area contributed by atoms with Gasteiger partial charge in [-0.05, 0) is 0 Å². The number of hydrogen-bond donors (Lipinski definition) is 0. The van der Waals surface area contributed by atoms with Gasteiger partial charge in [0.2, 0.25) is 0 Å². The molecule has 0 unspecified atom stereocenters. The number of alkyl halides is 7. The van der Waals surface area contributed by atoms with E-state index in [0.29, 0.717) is 0 Å². The van der Waals surface area contributed by atoms with Crippen molar-refractivity contribution in [3.05, 3.63) is 0 Å². The maximum atomic E-state index is 11.9. The normalized spacial score (nSPS) is 15.0. The standard InChI is InChI=1S/C3F7SeSi/c4-1(5,2(6,7)8)3(9,10)11-12. The minimum atomic E-state index is -6.22. The molecule has 0 aromatic rings. The van der Waals surface area contributed by atoms with Crippen molar-refractivity contribution in [1.82, 2.24) is 0 Å². The van der Waals surface area contributed by atoms with Crippen LogP contribution in [0.1, 0.15) is 0 Å². The van der Waals surface area contributed by atoms with E-state index in [4.69, 9.17) is 0 Å². The Morgan fingerprint density at radius 2 is 1.17 bits per heavy atom. The Balaban J connectivity index is 4.85. The summed E-state index contributed by atoms with van der Waals surface area (Å²) in [5.74, 6) is -5.97. The molecular formula is C3F7SeSi. The third-order valence-corrected chi connectivity index (χ3v) is 3.26. The molecule has 0 saturated heterocycles. The van der Waals surface area contributed by atoms with Crippen LogP contribution in [0.15, 0.2) is 0 Å². The maximum absolute atomic E-state index is 11.9. The van der Waals surface area contributed by atoms with Gasteiger partial charge in [0.25, 0.3) is 0 Å². The van der Waals surface area contributed by atoms with Gasteiger partial charge >= 0.3 is 70.8 Å². The Kier molecular flexibility index (Phi) is 3.25. The first-order valence-electron chi connectivity index (χ1n) is 2.23. The molecule has 0 aromatic heterocycles. The Morgan fingerprint density at radius 3 is 1.25 bits per heavy atom. The Hall–Kier alpha value is 0.246. The van der Waals surface area contributed by atoms with Crippen LogP contribution in [0, 0.1) is 0 Å². The zero-order chi connectivity index (χ0) is 10.2. The van der Waals surface area contributed by atoms with E-state index in [2.05, 4.69) is 0 Å². The van der Waals surface area contributed by atoms with E-state index in [1.165, 1.54) is 0 Å². The first-order valence-corrected chi connectivity index (χ1v) is 6.07. The van der Waals surface area contributed by atoms with E-state index >= 15 is 0 Å². The van der Waals surface area contributed by atoms with Gasteiger partial charge in [-0.2, -0.15) is 0 Å². The zero-order valence-corrected chi connectivity index (χ0v) is 7.77. The number of rotatable bonds is 2. The van der Waals surface area contributed by atoms with Crippen molar-refractivity contribution in [3.8, 4) is 0 Å². The third-order valence-electron chi connectivity index (χ3n) is 0.850. The third kappa shape index (κ3) is 1.94. The quantitative estimate of drug-likeness (QED) is 0.530. The molecule has 0 rings (SSSR count). The molecule has 0 saturated carbocycles. The summed E-state index contributed by atoms with van der Waals surface area (Å²) in [4.78, 5) is -5.06. The molecule has 0 spiro atoms. The summed E-state index contributed by atoms with van der Waals surface area (Å²) in [6, 6.07) is 0. The Morgan fingerprint density at radius 1 is 0.833 bits per heavy atom. The van der Waals surface area contributed by atoms with Gasteiger partial charge in [-0.15, -0.1) is 0 Å². The van der Waals surface area contributed by atoms with Crippen LogP contribution in [0.25, 0.3) is 0 Å². The van der Waals surface area contributed by atoms with Crippen LogP contribution < -0.4 is 0 Å². The molecule has 0 aromatic carbocycles. The number of halogens is 7. The molecule has 71 valence electrons. The van der Waals surface area contributed by atoms with Crippen molar-refractivity contribution in [2.24, 2.45) is 0 Å². The Bertz CT molecular complexity index is 163. The molecule has 9 heteroatoms. The summed E-state index contributed by atoms with van der Waals surface area (Å²) in [5, 5.41) is 0. The first-order chi connectivity index (χ1) is 5.06. The minimum absolute atomic E-state index is 1.98. The van der Waals surface area contributed by atoms with Crippen molar-refractivity contribution < 1.29 is 30.7 Å². The SMILES string of the molecule is FC(F)(F)C(F)(F)C(F)(F)[Se][Si]. The van der Waals surface area contributed by atoms with Crippen LogP contribution in [0.3, 0.4) is 0 Å². The fourth-order valence-corrected chi connectivity index (χ4v) is 1.41. The summed E-state index contributed by atoms with van der Waals surface area (Å²) >= 11 is -2.29. The van der Waals surface area contributed by atoms with E-state index in [1.807, 2.05) is 8.85 Å². The van der Waals surface area contributed by atoms with Gasteiger partial charge in [-0.3, -0.25) is 0 Å². The molecule has 0 fully saturated rings. The Labute approximate surface area is 71.5 Å². The van der Waals surface area contributed by atoms with E-state index < -0.39 is 31.2 Å². The second-order valence-electron chi connectivity index (χ2n) is 1.69. The predicted molar refractivity (Wildman–Crippen MR) is 27.5 cm³/mol. The second kappa shape index (κ2) is 3.19. The molecular weight excluding hydrogens is 276 g/mol. The molecule has 0 atom stereocenters. The molecule has 0 aliphatic heterocycles. The molecule has 3 radical (unpaired) electrons. The summed E-state index contributed by atoms with van der Waals surface area (Å²) in [5.41, 5.74) is 0. The van der Waals surface area contributed by atoms with Gasteiger partial charge in [-0.1, -0.05) is 0 Å². The summed E-state index contributed by atoms with van der Waals surface area (Å²) in [7, 11) is 1.98. The molecule has 0 heterocycles. The predicted octanol–water partition coefficient (Wildman–Crippen LogP) is 1.56. The van der Waals surface area contributed by atoms with Gasteiger partial charge < -0.3 is 0 Å². The molecule has 0 aliphatic carbocycles. The van der Waals surface area contributed by atoms with E-state index in [9.17, 15) is 30.7 Å². The summed E-state index contributed by atoms with van der Waals surface area (Å²) < 4.78 is 81.3. The van der Waals surface area contributed by atoms with Crippen molar-refractivity contribution in [1.29, 1.82) is 0 Å². The van der Waals surface area contributed by atoms with E-state index in [1.54, 1.807) is 0 Å². The van der Waals surface area contributed by atoms with Gasteiger partial charge in [0.15, 0.2) is 0 Å². The topological polar surface area (TPSA) is 0 Å². The molecule has 0 bridgehead atoms. The average molecular weight is 276 g/mol. The van der Waals surface area contributed by atoms with Gasteiger partial charge in [0.05, 0.1) is 0 Å². The second-order valence-corrected chi connectivity index (χ2v) is 4.26. The summed E-state index contributed by atoms with van der Waals surface area (Å²) in [6.45, 7) is 0. The van der Waals surface area contributed by atoms with Crippen LogP contribution >= 0.6 is 0 Å². The first kappa shape index (κ1) is 12.2. The van der Waals surface area contributed by atoms with Gasteiger partial charge in [0, 0.05) is 0 Å². The molecule has 0 aliphatic rings. The van der Waals surface area contributed by atoms with Gasteiger partial charge in [-0.25, -0.2) is 0 Å². The fourth-order valence-electron chi connectivity index (χ4n) is 0.229. The van der Waals surface area contributed by atoms with Crippen LogP contribution in [0.4, 0.5) is 30.7 Å². The van der Waals surface area contributed by atoms with E-state index in [0.717, 1.165) is 0 Å². The zero-order valence-electron chi connectivity index (χ0n) is 5.05. The van der Waals surface area contributed by atoms with E-state index in [-0.39, 0.29) is 0 Å². The number of hydrogen-bond acceptors (Lipinski definition) is 0. The average Bonchev–Trinajstić information content (AvgIpc) is 1.85. The van der Waals surface area contributed by atoms with Gasteiger partial charge in [0.1, 0.15) is 0 Å². The van der Waals surface area contributed by atoms with Crippen molar-refractivity contribution in [2.75, 3.05) is 0 Å². The molecule has 0 N–H and O–H groups in total. The van der Waals surface area contributed by atoms with Crippen molar-refractivity contribution >= 4 is 23.2 Å². The van der Waals surface area contributed by atoms with Crippen molar-refractivity contribution in [2.45, 2.75) is 16.9 Å². The molecule has 12 heavy (non-hydrogen) atoms. The van der Waals surface area contributed by atoms with Crippen LogP contribution in [0.5, 0.6) is 0 Å². The van der Waals surface area contributed by atoms with Crippen LogP contribution in [-0.2, 0) is 0 Å². The summed E-state index contributed by atoms with van der Waals surface area (Å²) in [6.07, 6.45) is -6.22. The fraction of sp³-hybridized carbons (Fsp3) is 1.00. The monoisotopic (exact) mass is 277 g/mol. The molecule has 0 nitrogen and oxygen atoms in total. The van der Waals surface area contributed by atoms with Crippen molar-refractivity contribution in [3.63, 3.8) is 0 Å². The van der Waals surface area contributed by atoms with Crippen LogP contribution in [-0.4, -0.2) is 40.1 Å².